The molecule has 0 saturated heterocycles. The summed E-state index contributed by atoms with van der Waals surface area (Å²) in [6.45, 7) is 2.80. The van der Waals surface area contributed by atoms with E-state index in [1.807, 2.05) is 31.2 Å². The zero-order valence-corrected chi connectivity index (χ0v) is 16.4. The molecule has 0 spiro atoms. The molecule has 0 unspecified atom stereocenters. The summed E-state index contributed by atoms with van der Waals surface area (Å²) in [5.74, 6) is 0.916. The fraction of sp³-hybridized carbons (Fsp3) is 0.217. The van der Waals surface area contributed by atoms with Crippen LogP contribution in [0.15, 0.2) is 60.8 Å². The van der Waals surface area contributed by atoms with Gasteiger partial charge in [0.25, 0.3) is 0 Å². The molecule has 0 aliphatic carbocycles. The fourth-order valence-corrected chi connectivity index (χ4v) is 2.82. The summed E-state index contributed by atoms with van der Waals surface area (Å²) < 4.78 is 16.9. The molecule has 0 fully saturated rings. The number of carboxylic acid groups (broad SMARTS) is 1. The highest BCUT2D eigenvalue weighted by atomic mass is 16.5. The predicted molar refractivity (Wildman–Crippen MR) is 110 cm³/mol. The van der Waals surface area contributed by atoms with Crippen LogP contribution in [0.25, 0.3) is 11.3 Å². The van der Waals surface area contributed by atoms with E-state index in [4.69, 9.17) is 14.2 Å². The molecule has 1 N–H and O–H groups in total. The Hall–Kier alpha value is -3.54. The van der Waals surface area contributed by atoms with Crippen LogP contribution < -0.4 is 14.2 Å². The van der Waals surface area contributed by atoms with Crippen LogP contribution in [0.5, 0.6) is 17.2 Å². The van der Waals surface area contributed by atoms with E-state index < -0.39 is 5.97 Å². The van der Waals surface area contributed by atoms with Crippen LogP contribution in [0.4, 0.5) is 0 Å². The van der Waals surface area contributed by atoms with Crippen LogP contribution in [0.3, 0.4) is 0 Å². The molecule has 29 heavy (non-hydrogen) atoms. The molecule has 6 heteroatoms. The Labute approximate surface area is 169 Å². The van der Waals surface area contributed by atoms with Crippen molar-refractivity contribution in [3.05, 3.63) is 71.9 Å². The first-order chi connectivity index (χ1) is 14.1. The summed E-state index contributed by atoms with van der Waals surface area (Å²) >= 11 is 0. The third-order valence-electron chi connectivity index (χ3n) is 4.30. The molecule has 0 aliphatic rings. The number of pyridine rings is 1. The second-order valence-electron chi connectivity index (χ2n) is 6.34. The molecular formula is C23H23NO5. The van der Waals surface area contributed by atoms with Gasteiger partial charge in [-0.15, -0.1) is 0 Å². The first kappa shape index (κ1) is 20.2. The van der Waals surface area contributed by atoms with E-state index in [1.165, 1.54) is 0 Å². The third kappa shape index (κ3) is 5.04. The first-order valence-corrected chi connectivity index (χ1v) is 9.33. The van der Waals surface area contributed by atoms with Crippen molar-refractivity contribution >= 4 is 5.97 Å². The predicted octanol–water partition coefficient (Wildman–Crippen LogP) is 4.82. The van der Waals surface area contributed by atoms with E-state index >= 15 is 0 Å². The molecule has 0 saturated carbocycles. The lowest BCUT2D eigenvalue weighted by Crippen LogP contribution is -2.06. The van der Waals surface area contributed by atoms with Crippen molar-refractivity contribution in [2.45, 2.75) is 20.0 Å². The Balaban J connectivity index is 1.87. The van der Waals surface area contributed by atoms with Crippen molar-refractivity contribution in [1.82, 2.24) is 4.98 Å². The van der Waals surface area contributed by atoms with Crippen molar-refractivity contribution in [1.29, 1.82) is 0 Å². The van der Waals surface area contributed by atoms with E-state index in [2.05, 4.69) is 4.98 Å². The number of ether oxygens (including phenoxy) is 3. The van der Waals surface area contributed by atoms with Gasteiger partial charge in [-0.05, 0) is 36.8 Å². The van der Waals surface area contributed by atoms with E-state index in [0.29, 0.717) is 29.4 Å². The Bertz CT molecular complexity index is 969. The van der Waals surface area contributed by atoms with E-state index in [-0.39, 0.29) is 12.2 Å². The van der Waals surface area contributed by atoms with Gasteiger partial charge < -0.3 is 19.3 Å². The normalized spacial score (nSPS) is 10.4. The van der Waals surface area contributed by atoms with Gasteiger partial charge in [-0.25, -0.2) is 4.79 Å². The number of benzene rings is 2. The zero-order chi connectivity index (χ0) is 20.6. The molecule has 3 rings (SSSR count). The highest BCUT2D eigenvalue weighted by Gasteiger charge is 2.13. The quantitative estimate of drug-likeness (QED) is 0.561. The molecule has 0 radical (unpaired) electrons. The van der Waals surface area contributed by atoms with Crippen LogP contribution in [-0.2, 0) is 6.61 Å². The van der Waals surface area contributed by atoms with Gasteiger partial charge in [0.2, 0.25) is 0 Å². The molecule has 1 aromatic heterocycles. The minimum atomic E-state index is -0.987. The topological polar surface area (TPSA) is 77.9 Å². The van der Waals surface area contributed by atoms with Crippen molar-refractivity contribution < 1.29 is 24.1 Å². The van der Waals surface area contributed by atoms with Gasteiger partial charge in [0.05, 0.1) is 31.2 Å². The average Bonchev–Trinajstić information content (AvgIpc) is 2.76. The summed E-state index contributed by atoms with van der Waals surface area (Å²) in [7, 11) is 1.58. The number of hydrogen-bond acceptors (Lipinski definition) is 5. The number of carbonyl (C=O) groups is 1. The Morgan fingerprint density at radius 3 is 2.52 bits per heavy atom. The molecule has 150 valence electrons. The van der Waals surface area contributed by atoms with E-state index in [0.717, 1.165) is 17.7 Å². The Kier molecular flexibility index (Phi) is 6.68. The summed E-state index contributed by atoms with van der Waals surface area (Å²) in [6.07, 6.45) is 2.61. The summed E-state index contributed by atoms with van der Waals surface area (Å²) in [5.41, 5.74) is 2.30. The van der Waals surface area contributed by atoms with Crippen LogP contribution >= 0.6 is 0 Å². The van der Waals surface area contributed by atoms with E-state index in [1.54, 1.807) is 43.6 Å². The second kappa shape index (κ2) is 9.59. The van der Waals surface area contributed by atoms with Gasteiger partial charge in [0.15, 0.2) is 0 Å². The second-order valence-corrected chi connectivity index (χ2v) is 6.34. The third-order valence-corrected chi connectivity index (χ3v) is 4.30. The molecule has 1 heterocycles. The van der Waals surface area contributed by atoms with Crippen LogP contribution in [-0.4, -0.2) is 29.8 Å². The van der Waals surface area contributed by atoms with Gasteiger partial charge in [0, 0.05) is 17.2 Å². The lowest BCUT2D eigenvalue weighted by atomic mass is 10.1. The van der Waals surface area contributed by atoms with Gasteiger partial charge in [-0.1, -0.05) is 25.1 Å². The number of hydrogen-bond donors (Lipinski definition) is 1. The summed E-state index contributed by atoms with van der Waals surface area (Å²) in [5, 5.41) is 9.37. The lowest BCUT2D eigenvalue weighted by Gasteiger charge is -2.14. The molecular weight excluding hydrogens is 370 g/mol. The lowest BCUT2D eigenvalue weighted by molar-refractivity contribution is 0.0694. The average molecular weight is 393 g/mol. The Morgan fingerprint density at radius 2 is 1.83 bits per heavy atom. The molecule has 3 aromatic rings. The largest absolute Gasteiger partial charge is 0.497 e. The highest BCUT2D eigenvalue weighted by Crippen LogP contribution is 2.33. The highest BCUT2D eigenvalue weighted by molar-refractivity contribution is 5.89. The SMILES string of the molecule is CCCOc1ccc(-c2ccc(OC)cc2OCc2ccccc2C(=O)O)nc1. The summed E-state index contributed by atoms with van der Waals surface area (Å²) in [6, 6.07) is 16.0. The molecule has 0 atom stereocenters. The van der Waals surface area contributed by atoms with Gasteiger partial charge >= 0.3 is 5.97 Å². The monoisotopic (exact) mass is 393 g/mol. The van der Waals surface area contributed by atoms with Crippen molar-refractivity contribution in [3.8, 4) is 28.5 Å². The Morgan fingerprint density at radius 1 is 1.03 bits per heavy atom. The number of carboxylic acids is 1. The van der Waals surface area contributed by atoms with Gasteiger partial charge in [-0.2, -0.15) is 0 Å². The van der Waals surface area contributed by atoms with Crippen molar-refractivity contribution in [3.63, 3.8) is 0 Å². The zero-order valence-electron chi connectivity index (χ0n) is 16.4. The maximum atomic E-state index is 11.4. The number of aromatic nitrogens is 1. The molecule has 0 aliphatic heterocycles. The van der Waals surface area contributed by atoms with Gasteiger partial charge in [0.1, 0.15) is 23.9 Å². The maximum absolute atomic E-state index is 11.4. The molecule has 2 aromatic carbocycles. The fourth-order valence-electron chi connectivity index (χ4n) is 2.82. The standard InChI is InChI=1S/C23H23NO5/c1-3-12-28-18-9-11-21(24-14-18)20-10-8-17(27-2)13-22(20)29-15-16-6-4-5-7-19(16)23(25)26/h4-11,13-14H,3,12,15H2,1-2H3,(H,25,26). The summed E-state index contributed by atoms with van der Waals surface area (Å²) in [4.78, 5) is 15.9. The van der Waals surface area contributed by atoms with Crippen LogP contribution in [0, 0.1) is 0 Å². The van der Waals surface area contributed by atoms with Crippen LogP contribution in [0.2, 0.25) is 0 Å². The number of nitrogens with zero attached hydrogens (tertiary/aromatic N) is 1. The smallest absolute Gasteiger partial charge is 0.336 e. The first-order valence-electron chi connectivity index (χ1n) is 9.33. The molecule has 6 nitrogen and oxygen atoms in total. The maximum Gasteiger partial charge on any atom is 0.336 e. The number of methoxy groups -OCH3 is 1. The van der Waals surface area contributed by atoms with Crippen molar-refractivity contribution in [2.75, 3.05) is 13.7 Å². The number of aromatic carboxylic acids is 1. The molecule has 0 amide bonds. The minimum Gasteiger partial charge on any atom is -0.497 e. The van der Waals surface area contributed by atoms with E-state index in [9.17, 15) is 9.90 Å². The molecule has 0 bridgehead atoms. The van der Waals surface area contributed by atoms with Gasteiger partial charge in [-0.3, -0.25) is 4.98 Å². The van der Waals surface area contributed by atoms with Crippen LogP contribution in [0.1, 0.15) is 29.3 Å². The van der Waals surface area contributed by atoms with Crippen molar-refractivity contribution in [2.24, 2.45) is 0 Å². The number of rotatable bonds is 9. The minimum absolute atomic E-state index is 0.111.